The number of hydrogen-bond donors (Lipinski definition) is 2. The molecule has 144 valence electrons. The fraction of sp³-hybridized carbons (Fsp3) is 0.533. The second-order valence-electron chi connectivity index (χ2n) is 5.85. The van der Waals surface area contributed by atoms with Crippen molar-refractivity contribution in [3.63, 3.8) is 0 Å². The summed E-state index contributed by atoms with van der Waals surface area (Å²) in [6, 6.07) is 1.77. The molecule has 1 aromatic carbocycles. The van der Waals surface area contributed by atoms with Crippen molar-refractivity contribution in [1.82, 2.24) is 15.5 Å². The highest BCUT2D eigenvalue weighted by atomic mass is 35.5. The monoisotopic (exact) mass is 405 g/mol. The minimum Gasteiger partial charge on any atom is -0.353 e. The molecule has 2 rings (SSSR count). The summed E-state index contributed by atoms with van der Waals surface area (Å²) in [6.45, 7) is -0.641. The summed E-state index contributed by atoms with van der Waals surface area (Å²) in [7, 11) is 3.23. The fourth-order valence-corrected chi connectivity index (χ4v) is 2.59. The van der Waals surface area contributed by atoms with Crippen LogP contribution in [-0.2, 0) is 4.79 Å². The molecule has 1 amide bonds. The molecule has 1 fully saturated rings. The molecule has 1 heterocycles. The van der Waals surface area contributed by atoms with Crippen molar-refractivity contribution in [2.24, 2.45) is 0 Å². The van der Waals surface area contributed by atoms with Gasteiger partial charge in [-0.15, -0.1) is 24.8 Å². The smallest absolute Gasteiger partial charge is 0.262 e. The van der Waals surface area contributed by atoms with Crippen LogP contribution in [0.1, 0.15) is 18.0 Å². The number of hydrogen-bond acceptors (Lipinski definition) is 3. The van der Waals surface area contributed by atoms with Gasteiger partial charge < -0.3 is 10.2 Å². The van der Waals surface area contributed by atoms with Crippen LogP contribution in [0.4, 0.5) is 17.6 Å². The number of benzene rings is 1. The molecule has 0 saturated carbocycles. The maximum Gasteiger partial charge on any atom is 0.262 e. The summed E-state index contributed by atoms with van der Waals surface area (Å²) >= 11 is 0. The lowest BCUT2D eigenvalue weighted by molar-refractivity contribution is -0.123. The Balaban J connectivity index is 0.00000288. The van der Waals surface area contributed by atoms with Gasteiger partial charge in [0.15, 0.2) is 0 Å². The number of amides is 1. The lowest BCUT2D eigenvalue weighted by Gasteiger charge is -2.26. The van der Waals surface area contributed by atoms with Crippen LogP contribution in [0.2, 0.25) is 0 Å². The molecule has 0 spiro atoms. The van der Waals surface area contributed by atoms with Gasteiger partial charge in [0.2, 0.25) is 5.91 Å². The summed E-state index contributed by atoms with van der Waals surface area (Å²) in [5, 5.41) is 4.93. The van der Waals surface area contributed by atoms with Gasteiger partial charge in [-0.1, -0.05) is 6.07 Å². The van der Waals surface area contributed by atoms with E-state index in [2.05, 4.69) is 10.6 Å². The predicted octanol–water partition coefficient (Wildman–Crippen LogP) is 2.52. The molecular formula is C15H21Cl2F4N3O. The van der Waals surface area contributed by atoms with E-state index in [-0.39, 0.29) is 36.9 Å². The zero-order valence-electron chi connectivity index (χ0n) is 13.7. The molecule has 1 saturated heterocycles. The third-order valence-corrected chi connectivity index (χ3v) is 3.85. The van der Waals surface area contributed by atoms with E-state index >= 15 is 0 Å². The summed E-state index contributed by atoms with van der Waals surface area (Å²) < 4.78 is 54.0. The van der Waals surface area contributed by atoms with Gasteiger partial charge in [0, 0.05) is 18.5 Å². The number of likely N-dealkylation sites (N-methyl/N-ethyl adjacent to an activating group) is 1. The third-order valence-electron chi connectivity index (χ3n) is 3.85. The molecule has 1 aliphatic rings. The van der Waals surface area contributed by atoms with Crippen molar-refractivity contribution in [2.45, 2.75) is 24.4 Å². The van der Waals surface area contributed by atoms with E-state index in [0.717, 1.165) is 12.1 Å². The molecule has 0 aromatic heterocycles. The molecule has 0 aliphatic carbocycles. The Kier molecular flexibility index (Phi) is 9.15. The molecule has 0 radical (unpaired) electrons. The van der Waals surface area contributed by atoms with Gasteiger partial charge in [-0.25, -0.2) is 17.6 Å². The van der Waals surface area contributed by atoms with Crippen molar-refractivity contribution in [2.75, 3.05) is 27.2 Å². The van der Waals surface area contributed by atoms with Gasteiger partial charge >= 0.3 is 0 Å². The minimum atomic E-state index is -2.92. The molecule has 4 nitrogen and oxygen atoms in total. The van der Waals surface area contributed by atoms with Crippen LogP contribution >= 0.6 is 24.8 Å². The van der Waals surface area contributed by atoms with Crippen LogP contribution in [0.25, 0.3) is 0 Å². The number of rotatable bonds is 5. The van der Waals surface area contributed by atoms with Crippen molar-refractivity contribution in [3.8, 4) is 0 Å². The lowest BCUT2D eigenvalue weighted by atomic mass is 10.0. The average Bonchev–Trinajstić information content (AvgIpc) is 2.81. The van der Waals surface area contributed by atoms with Gasteiger partial charge in [0.05, 0.1) is 18.6 Å². The van der Waals surface area contributed by atoms with E-state index in [0.29, 0.717) is 0 Å². The Morgan fingerprint density at radius 1 is 1.32 bits per heavy atom. The van der Waals surface area contributed by atoms with E-state index in [1.54, 1.807) is 19.0 Å². The topological polar surface area (TPSA) is 44.4 Å². The van der Waals surface area contributed by atoms with E-state index in [1.807, 2.05) is 0 Å². The van der Waals surface area contributed by atoms with Crippen molar-refractivity contribution < 1.29 is 22.4 Å². The summed E-state index contributed by atoms with van der Waals surface area (Å²) in [4.78, 5) is 13.5. The fourth-order valence-electron chi connectivity index (χ4n) is 2.59. The first-order valence-corrected chi connectivity index (χ1v) is 7.20. The second-order valence-corrected chi connectivity index (χ2v) is 5.85. The summed E-state index contributed by atoms with van der Waals surface area (Å²) in [5.74, 6) is -4.96. The first-order valence-electron chi connectivity index (χ1n) is 7.20. The van der Waals surface area contributed by atoms with Crippen LogP contribution in [0.5, 0.6) is 0 Å². The van der Waals surface area contributed by atoms with Gasteiger partial charge in [-0.05, 0) is 26.2 Å². The van der Waals surface area contributed by atoms with Crippen LogP contribution in [0.3, 0.4) is 0 Å². The lowest BCUT2D eigenvalue weighted by Crippen LogP contribution is -2.43. The van der Waals surface area contributed by atoms with Crippen LogP contribution in [0, 0.1) is 11.6 Å². The largest absolute Gasteiger partial charge is 0.353 e. The summed E-state index contributed by atoms with van der Waals surface area (Å²) in [6.07, 6.45) is -0.584. The Labute approximate surface area is 156 Å². The first kappa shape index (κ1) is 23.9. The van der Waals surface area contributed by atoms with Crippen molar-refractivity contribution >= 4 is 30.7 Å². The highest BCUT2D eigenvalue weighted by Gasteiger charge is 2.42. The Morgan fingerprint density at radius 2 is 1.88 bits per heavy atom. The van der Waals surface area contributed by atoms with Gasteiger partial charge in [0.1, 0.15) is 11.6 Å². The maximum absolute atomic E-state index is 13.9. The zero-order chi connectivity index (χ0) is 17.2. The number of carbonyl (C=O) groups is 1. The van der Waals surface area contributed by atoms with E-state index < -0.39 is 48.5 Å². The van der Waals surface area contributed by atoms with Gasteiger partial charge in [-0.2, -0.15) is 0 Å². The molecule has 2 N–H and O–H groups in total. The van der Waals surface area contributed by atoms with Gasteiger partial charge in [-0.3, -0.25) is 10.1 Å². The Bertz CT molecular complexity index is 570. The molecule has 0 bridgehead atoms. The SMILES string of the molecule is CN(C)C(CNC(=O)C1CC(F)(F)CN1)c1c(F)cccc1F.Cl.Cl. The highest BCUT2D eigenvalue weighted by molar-refractivity contribution is 5.85. The average molecular weight is 406 g/mol. The molecule has 1 aromatic rings. The van der Waals surface area contributed by atoms with Crippen LogP contribution < -0.4 is 10.6 Å². The molecule has 1 aliphatic heterocycles. The summed E-state index contributed by atoms with van der Waals surface area (Å²) in [5.41, 5.74) is -0.164. The predicted molar refractivity (Wildman–Crippen MR) is 91.6 cm³/mol. The van der Waals surface area contributed by atoms with Crippen molar-refractivity contribution in [1.29, 1.82) is 0 Å². The Hall–Kier alpha value is -1.09. The minimum absolute atomic E-state index is 0. The zero-order valence-corrected chi connectivity index (χ0v) is 15.3. The number of carbonyl (C=O) groups excluding carboxylic acids is 1. The molecule has 25 heavy (non-hydrogen) atoms. The van der Waals surface area contributed by atoms with E-state index in [4.69, 9.17) is 0 Å². The first-order chi connectivity index (χ1) is 10.7. The molecule has 2 unspecified atom stereocenters. The number of halogens is 6. The normalized spacial score (nSPS) is 19.7. The quantitative estimate of drug-likeness (QED) is 0.739. The van der Waals surface area contributed by atoms with Gasteiger partial charge in [0.25, 0.3) is 5.92 Å². The Morgan fingerprint density at radius 3 is 2.32 bits per heavy atom. The van der Waals surface area contributed by atoms with E-state index in [9.17, 15) is 22.4 Å². The standard InChI is InChI=1S/C15H19F4N3O.2ClH/c1-22(2)12(13-9(16)4-3-5-10(13)17)7-20-14(23)11-6-15(18,19)8-21-11;;/h3-5,11-12,21H,6-8H2,1-2H3,(H,20,23);2*1H. The molecule has 2 atom stereocenters. The van der Waals surface area contributed by atoms with E-state index in [1.165, 1.54) is 6.07 Å². The maximum atomic E-state index is 13.9. The van der Waals surface area contributed by atoms with Crippen LogP contribution in [-0.4, -0.2) is 50.0 Å². The van der Waals surface area contributed by atoms with Crippen molar-refractivity contribution in [3.05, 3.63) is 35.4 Å². The third kappa shape index (κ3) is 5.99. The number of nitrogens with one attached hydrogen (secondary N) is 2. The molecular weight excluding hydrogens is 385 g/mol. The number of alkyl halides is 2. The van der Waals surface area contributed by atoms with Crippen LogP contribution in [0.15, 0.2) is 18.2 Å². The number of nitrogens with zero attached hydrogens (tertiary/aromatic N) is 1. The highest BCUT2D eigenvalue weighted by Crippen LogP contribution is 2.26. The second kappa shape index (κ2) is 9.56. The molecule has 10 heteroatoms.